The van der Waals surface area contributed by atoms with Crippen molar-refractivity contribution < 1.29 is 78.7 Å². The Kier molecular flexibility index (Phi) is 12.4. The van der Waals surface area contributed by atoms with Crippen LogP contribution in [0.15, 0.2) is 11.6 Å². The van der Waals surface area contributed by atoms with Crippen molar-refractivity contribution in [1.82, 2.24) is 0 Å². The zero-order valence-corrected chi connectivity index (χ0v) is 36.5. The second kappa shape index (κ2) is 16.8. The molecule has 16 nitrogen and oxygen atoms in total. The summed E-state index contributed by atoms with van der Waals surface area (Å²) in [7, 11) is 0. The van der Waals surface area contributed by atoms with E-state index in [9.17, 15) is 40.9 Å². The second-order valence-corrected chi connectivity index (χ2v) is 21.1. The Hall–Kier alpha value is -0.900. The number of ether oxygens (including phenoxy) is 8. The molecule has 4 aliphatic carbocycles. The summed E-state index contributed by atoms with van der Waals surface area (Å²) in [5.74, 6) is 2.64. The van der Waals surface area contributed by atoms with E-state index in [1.807, 2.05) is 0 Å². The van der Waals surface area contributed by atoms with E-state index < -0.39 is 105 Å². The standard InChI is InChI=1S/C45H72O16/c1-19-9-14-45(54-18-19)20(2)30-28(61-45)16-27-25-8-7-23-15-24(10-12-43(23,5)26(25)11-13-44(27,30)6)57-42-39(60-41-36(52)34(50)32(48)22(4)56-41)37(53)38(29(17-46)58-42)59-40-35(51)33(49)31(47)21(3)55-40/h7,19-22,24-42,46-53H,8-18H2,1-6H3/t19-,20+,21+,22+,24+,25-,26+,27+,28+,29-,30+,31+,32+,33-,34-,35-,36-,37+,38-,39-,40+,41+,42-,43+,44+,45-/m0/s1. The van der Waals surface area contributed by atoms with Crippen molar-refractivity contribution >= 4 is 0 Å². The van der Waals surface area contributed by atoms with Gasteiger partial charge in [-0.1, -0.05) is 39.3 Å². The molecule has 8 fully saturated rings. The van der Waals surface area contributed by atoms with Gasteiger partial charge in [0.05, 0.1) is 37.6 Å². The highest BCUT2D eigenvalue weighted by atomic mass is 16.8. The van der Waals surface area contributed by atoms with Crippen molar-refractivity contribution in [1.29, 1.82) is 0 Å². The maximum Gasteiger partial charge on any atom is 0.187 e. The third-order valence-electron chi connectivity index (χ3n) is 17.6. The first-order chi connectivity index (χ1) is 28.9. The van der Waals surface area contributed by atoms with Gasteiger partial charge in [0, 0.05) is 12.3 Å². The normalized spacial score (nSPS) is 58.4. The highest BCUT2D eigenvalue weighted by Gasteiger charge is 2.69. The molecule has 61 heavy (non-hydrogen) atoms. The molecule has 5 heterocycles. The predicted octanol–water partition coefficient (Wildman–Crippen LogP) is 1.24. The van der Waals surface area contributed by atoms with Gasteiger partial charge < -0.3 is 78.7 Å². The van der Waals surface area contributed by atoms with Gasteiger partial charge in [0.15, 0.2) is 24.7 Å². The molecule has 9 rings (SSSR count). The first kappa shape index (κ1) is 45.3. The van der Waals surface area contributed by atoms with Crippen LogP contribution in [-0.2, 0) is 37.9 Å². The van der Waals surface area contributed by atoms with E-state index in [4.69, 9.17) is 37.9 Å². The van der Waals surface area contributed by atoms with Crippen LogP contribution < -0.4 is 0 Å². The minimum atomic E-state index is -1.71. The number of aliphatic hydroxyl groups excluding tert-OH is 8. The second-order valence-electron chi connectivity index (χ2n) is 21.1. The maximum atomic E-state index is 12.0. The molecular weight excluding hydrogens is 796 g/mol. The Bertz CT molecular complexity index is 1590. The Balaban J connectivity index is 0.916. The first-order valence-electron chi connectivity index (χ1n) is 23.2. The summed E-state index contributed by atoms with van der Waals surface area (Å²) in [4.78, 5) is 0. The molecule has 9 aliphatic rings. The Morgan fingerprint density at radius 1 is 0.689 bits per heavy atom. The molecule has 0 aromatic carbocycles. The van der Waals surface area contributed by atoms with Gasteiger partial charge in [-0.3, -0.25) is 0 Å². The van der Waals surface area contributed by atoms with Gasteiger partial charge in [0.1, 0.15) is 61.0 Å². The Morgan fingerprint density at radius 2 is 1.34 bits per heavy atom. The van der Waals surface area contributed by atoms with Crippen molar-refractivity contribution in [2.45, 2.75) is 209 Å². The van der Waals surface area contributed by atoms with E-state index >= 15 is 0 Å². The molecular formula is C45H72O16. The number of rotatable bonds is 7. The summed E-state index contributed by atoms with van der Waals surface area (Å²) in [5.41, 5.74) is 1.53. The average Bonchev–Trinajstić information content (AvgIpc) is 3.69. The molecule has 0 aromatic heterocycles. The van der Waals surface area contributed by atoms with Gasteiger partial charge in [-0.25, -0.2) is 0 Å². The van der Waals surface area contributed by atoms with E-state index in [1.165, 1.54) is 25.8 Å². The number of hydrogen-bond acceptors (Lipinski definition) is 16. The molecule has 0 radical (unpaired) electrons. The van der Waals surface area contributed by atoms with Gasteiger partial charge in [0.2, 0.25) is 0 Å². The summed E-state index contributed by atoms with van der Waals surface area (Å²) < 4.78 is 50.1. The third kappa shape index (κ3) is 7.42. The molecule has 0 aromatic rings. The minimum Gasteiger partial charge on any atom is -0.394 e. The fourth-order valence-corrected chi connectivity index (χ4v) is 14.0. The predicted molar refractivity (Wildman–Crippen MR) is 213 cm³/mol. The van der Waals surface area contributed by atoms with Gasteiger partial charge in [0.25, 0.3) is 0 Å². The number of fused-ring (bicyclic) bond motifs is 7. The number of hydrogen-bond donors (Lipinski definition) is 8. The molecule has 348 valence electrons. The topological polar surface area (TPSA) is 236 Å². The fourth-order valence-electron chi connectivity index (χ4n) is 14.0. The van der Waals surface area contributed by atoms with Crippen LogP contribution in [0.3, 0.4) is 0 Å². The number of allylic oxidation sites excluding steroid dienone is 1. The average molecular weight is 869 g/mol. The zero-order chi connectivity index (χ0) is 43.5. The zero-order valence-electron chi connectivity index (χ0n) is 36.5. The van der Waals surface area contributed by atoms with E-state index in [1.54, 1.807) is 0 Å². The molecule has 5 saturated heterocycles. The van der Waals surface area contributed by atoms with Crippen LogP contribution in [-0.4, -0.2) is 164 Å². The van der Waals surface area contributed by atoms with E-state index in [0.29, 0.717) is 48.3 Å². The quantitative estimate of drug-likeness (QED) is 0.168. The summed E-state index contributed by atoms with van der Waals surface area (Å²) in [6.07, 6.45) is -10.4. The van der Waals surface area contributed by atoms with Crippen molar-refractivity contribution in [3.63, 3.8) is 0 Å². The summed E-state index contributed by atoms with van der Waals surface area (Å²) in [6, 6.07) is 0. The van der Waals surface area contributed by atoms with Crippen LogP contribution in [0, 0.1) is 46.3 Å². The summed E-state index contributed by atoms with van der Waals surface area (Å²) in [5, 5.41) is 85.9. The lowest BCUT2D eigenvalue weighted by Gasteiger charge is -2.58. The summed E-state index contributed by atoms with van der Waals surface area (Å²) in [6.45, 7) is 12.7. The lowest BCUT2D eigenvalue weighted by molar-refractivity contribution is -0.388. The van der Waals surface area contributed by atoms with E-state index in [-0.39, 0.29) is 23.0 Å². The molecule has 0 amide bonds. The minimum absolute atomic E-state index is 0.0171. The van der Waals surface area contributed by atoms with Crippen molar-refractivity contribution in [2.75, 3.05) is 13.2 Å². The lowest BCUT2D eigenvalue weighted by atomic mass is 9.47. The highest BCUT2D eigenvalue weighted by Crippen LogP contribution is 2.70. The maximum absolute atomic E-state index is 12.0. The molecule has 5 aliphatic heterocycles. The van der Waals surface area contributed by atoms with Crippen LogP contribution in [0.2, 0.25) is 0 Å². The molecule has 3 saturated carbocycles. The third-order valence-corrected chi connectivity index (χ3v) is 17.6. The molecule has 1 spiro atoms. The van der Waals surface area contributed by atoms with Gasteiger partial charge in [-0.05, 0) is 106 Å². The van der Waals surface area contributed by atoms with Crippen molar-refractivity contribution in [2.24, 2.45) is 46.3 Å². The monoisotopic (exact) mass is 868 g/mol. The molecule has 0 bridgehead atoms. The van der Waals surface area contributed by atoms with Crippen LogP contribution in [0.25, 0.3) is 0 Å². The summed E-state index contributed by atoms with van der Waals surface area (Å²) >= 11 is 0. The molecule has 8 N–H and O–H groups in total. The Morgan fingerprint density at radius 3 is 1.97 bits per heavy atom. The van der Waals surface area contributed by atoms with Crippen LogP contribution in [0.5, 0.6) is 0 Å². The molecule has 0 unspecified atom stereocenters. The largest absolute Gasteiger partial charge is 0.394 e. The Labute approximate surface area is 358 Å². The van der Waals surface area contributed by atoms with Gasteiger partial charge in [-0.15, -0.1) is 0 Å². The fraction of sp³-hybridized carbons (Fsp3) is 0.956. The molecule has 16 heteroatoms. The van der Waals surface area contributed by atoms with Crippen molar-refractivity contribution in [3.05, 3.63) is 11.6 Å². The smallest absolute Gasteiger partial charge is 0.187 e. The van der Waals surface area contributed by atoms with E-state index in [2.05, 4.69) is 33.8 Å². The van der Waals surface area contributed by atoms with Crippen LogP contribution >= 0.6 is 0 Å². The van der Waals surface area contributed by atoms with Crippen LogP contribution in [0.1, 0.15) is 99.3 Å². The SMILES string of the molecule is C[C@H]1CC[C@]2(OC1)O[C@@H]1C[C@@H]3[C@H]4CC=C5C[C@H](O[C@H]6O[C@@H](CO)[C@H](O[C@H]7O[C@H](C)[C@@H](O)[C@H](O)[C@@H]7O)[C@@H](O)[C@@H]6O[C@H]6O[C@H](C)[C@@H](O)[C@H](O)[C@@H]6O)CC[C@@]5(C)[C@@H]4CC[C@@]3(C)[C@@H]1[C@H]2C. The van der Waals surface area contributed by atoms with Gasteiger partial charge >= 0.3 is 0 Å². The number of aliphatic hydroxyl groups is 8. The lowest BCUT2D eigenvalue weighted by Crippen LogP contribution is -2.66. The van der Waals surface area contributed by atoms with Crippen molar-refractivity contribution in [3.8, 4) is 0 Å². The van der Waals surface area contributed by atoms with Crippen LogP contribution in [0.4, 0.5) is 0 Å². The van der Waals surface area contributed by atoms with E-state index in [0.717, 1.165) is 45.1 Å². The van der Waals surface area contributed by atoms with Gasteiger partial charge in [-0.2, -0.15) is 0 Å². The molecule has 26 atom stereocenters. The first-order valence-corrected chi connectivity index (χ1v) is 23.2. The highest BCUT2D eigenvalue weighted by molar-refractivity contribution is 5.26.